The van der Waals surface area contributed by atoms with Crippen LogP contribution in [-0.2, 0) is 13.1 Å². The Kier molecular flexibility index (Phi) is 9.28. The molecule has 0 aliphatic rings. The van der Waals surface area contributed by atoms with Gasteiger partial charge in [-0.15, -0.1) is 30.6 Å². The standard InChI is InChI=1S/C13H23N5.HI/c1-5-6-16-13(14-4)17-9-12-15-7-8-18(12)10-11(2)3;/h5,7-8,11H,1,6,9-10H2,2-4H3,(H2,14,16,17);1H. The van der Waals surface area contributed by atoms with Crippen LogP contribution in [0.2, 0.25) is 0 Å². The average molecular weight is 377 g/mol. The minimum Gasteiger partial charge on any atom is -0.353 e. The van der Waals surface area contributed by atoms with Gasteiger partial charge in [-0.25, -0.2) is 4.98 Å². The van der Waals surface area contributed by atoms with Crippen LogP contribution in [0.5, 0.6) is 0 Å². The number of halogens is 1. The molecular weight excluding hydrogens is 353 g/mol. The van der Waals surface area contributed by atoms with Crippen molar-refractivity contribution in [1.82, 2.24) is 20.2 Å². The van der Waals surface area contributed by atoms with Gasteiger partial charge in [0, 0.05) is 32.5 Å². The van der Waals surface area contributed by atoms with Crippen LogP contribution in [0, 0.1) is 5.92 Å². The van der Waals surface area contributed by atoms with Gasteiger partial charge in [0.25, 0.3) is 0 Å². The number of nitrogens with one attached hydrogen (secondary N) is 2. The third kappa shape index (κ3) is 6.60. The molecule has 1 heterocycles. The molecule has 1 aromatic rings. The van der Waals surface area contributed by atoms with Gasteiger partial charge in [-0.05, 0) is 5.92 Å². The van der Waals surface area contributed by atoms with Gasteiger partial charge in [-0.1, -0.05) is 19.9 Å². The van der Waals surface area contributed by atoms with E-state index in [1.165, 1.54) is 0 Å². The lowest BCUT2D eigenvalue weighted by atomic mass is 10.2. The van der Waals surface area contributed by atoms with E-state index in [9.17, 15) is 0 Å². The smallest absolute Gasteiger partial charge is 0.191 e. The Bertz CT molecular complexity index is 397. The second-order valence-electron chi connectivity index (χ2n) is 4.49. The van der Waals surface area contributed by atoms with E-state index in [0.29, 0.717) is 19.0 Å². The summed E-state index contributed by atoms with van der Waals surface area (Å²) in [6.45, 7) is 10.4. The molecule has 2 N–H and O–H groups in total. The number of aromatic nitrogens is 2. The molecule has 0 saturated carbocycles. The van der Waals surface area contributed by atoms with E-state index in [0.717, 1.165) is 18.3 Å². The van der Waals surface area contributed by atoms with E-state index >= 15 is 0 Å². The first-order valence-corrected chi connectivity index (χ1v) is 6.22. The summed E-state index contributed by atoms with van der Waals surface area (Å²) in [5, 5.41) is 6.35. The minimum absolute atomic E-state index is 0. The molecule has 0 aromatic carbocycles. The van der Waals surface area contributed by atoms with Crippen molar-refractivity contribution in [1.29, 1.82) is 0 Å². The zero-order chi connectivity index (χ0) is 13.4. The third-order valence-electron chi connectivity index (χ3n) is 2.41. The van der Waals surface area contributed by atoms with E-state index in [2.05, 4.69) is 45.6 Å². The van der Waals surface area contributed by atoms with Crippen molar-refractivity contribution in [2.45, 2.75) is 26.9 Å². The lowest BCUT2D eigenvalue weighted by Gasteiger charge is -2.13. The molecule has 1 rings (SSSR count). The lowest BCUT2D eigenvalue weighted by Crippen LogP contribution is -2.37. The van der Waals surface area contributed by atoms with Gasteiger partial charge in [0.2, 0.25) is 0 Å². The summed E-state index contributed by atoms with van der Waals surface area (Å²) in [7, 11) is 1.75. The molecule has 5 nitrogen and oxygen atoms in total. The van der Waals surface area contributed by atoms with Gasteiger partial charge in [-0.2, -0.15) is 0 Å². The van der Waals surface area contributed by atoms with E-state index < -0.39 is 0 Å². The molecule has 0 aliphatic heterocycles. The first-order valence-electron chi connectivity index (χ1n) is 6.22. The third-order valence-corrected chi connectivity index (χ3v) is 2.41. The van der Waals surface area contributed by atoms with Crippen LogP contribution in [-0.4, -0.2) is 29.1 Å². The molecule has 0 saturated heterocycles. The van der Waals surface area contributed by atoms with E-state index in [1.807, 2.05) is 12.4 Å². The van der Waals surface area contributed by atoms with Crippen molar-refractivity contribution in [3.8, 4) is 0 Å². The minimum atomic E-state index is 0. The maximum atomic E-state index is 4.35. The largest absolute Gasteiger partial charge is 0.353 e. The zero-order valence-corrected chi connectivity index (χ0v) is 14.2. The first-order chi connectivity index (χ1) is 8.67. The Labute approximate surface area is 132 Å². The molecule has 1 aromatic heterocycles. The molecule has 0 aliphatic carbocycles. The summed E-state index contributed by atoms with van der Waals surface area (Å²) in [5.74, 6) is 2.38. The van der Waals surface area contributed by atoms with Gasteiger partial charge in [0.1, 0.15) is 5.82 Å². The summed E-state index contributed by atoms with van der Waals surface area (Å²) in [5.41, 5.74) is 0. The molecule has 0 spiro atoms. The Balaban J connectivity index is 0.00000324. The SMILES string of the molecule is C=CCNC(=NC)NCc1nccn1CC(C)C.I. The van der Waals surface area contributed by atoms with Gasteiger partial charge < -0.3 is 15.2 Å². The van der Waals surface area contributed by atoms with E-state index in [-0.39, 0.29) is 24.0 Å². The Morgan fingerprint density at radius 2 is 2.26 bits per heavy atom. The van der Waals surface area contributed by atoms with Crippen LogP contribution in [0.25, 0.3) is 0 Å². The highest BCUT2D eigenvalue weighted by molar-refractivity contribution is 14.0. The summed E-state index contributed by atoms with van der Waals surface area (Å²) < 4.78 is 2.17. The van der Waals surface area contributed by atoms with Gasteiger partial charge in [0.15, 0.2) is 5.96 Å². The molecule has 0 radical (unpaired) electrons. The van der Waals surface area contributed by atoms with Crippen LogP contribution in [0.3, 0.4) is 0 Å². The van der Waals surface area contributed by atoms with Crippen LogP contribution < -0.4 is 10.6 Å². The van der Waals surface area contributed by atoms with Crippen molar-refractivity contribution in [3.05, 3.63) is 30.9 Å². The summed E-state index contributed by atoms with van der Waals surface area (Å²) in [4.78, 5) is 8.48. The predicted molar refractivity (Wildman–Crippen MR) is 90.9 cm³/mol. The van der Waals surface area contributed by atoms with Gasteiger partial charge in [-0.3, -0.25) is 4.99 Å². The highest BCUT2D eigenvalue weighted by Gasteiger charge is 2.05. The van der Waals surface area contributed by atoms with Gasteiger partial charge >= 0.3 is 0 Å². The van der Waals surface area contributed by atoms with Crippen LogP contribution in [0.4, 0.5) is 0 Å². The predicted octanol–water partition coefficient (Wildman–Crippen LogP) is 2.01. The molecule has 108 valence electrons. The Morgan fingerprint density at radius 1 is 1.53 bits per heavy atom. The number of hydrogen-bond donors (Lipinski definition) is 2. The molecule has 6 heteroatoms. The van der Waals surface area contributed by atoms with Crippen molar-refractivity contribution in [2.24, 2.45) is 10.9 Å². The summed E-state index contributed by atoms with van der Waals surface area (Å²) in [6.07, 6.45) is 5.64. The normalized spacial score (nSPS) is 11.1. The second-order valence-corrected chi connectivity index (χ2v) is 4.49. The maximum Gasteiger partial charge on any atom is 0.191 e. The van der Waals surface area contributed by atoms with Crippen LogP contribution in [0.1, 0.15) is 19.7 Å². The fourth-order valence-corrected chi connectivity index (χ4v) is 1.62. The van der Waals surface area contributed by atoms with E-state index in [1.54, 1.807) is 13.1 Å². The number of nitrogens with zero attached hydrogens (tertiary/aromatic N) is 3. The lowest BCUT2D eigenvalue weighted by molar-refractivity contribution is 0.503. The fraction of sp³-hybridized carbons (Fsp3) is 0.538. The van der Waals surface area contributed by atoms with Crippen LogP contribution in [0.15, 0.2) is 30.0 Å². The Hall–Kier alpha value is -1.05. The number of imidazole rings is 1. The van der Waals surface area contributed by atoms with E-state index in [4.69, 9.17) is 0 Å². The molecule has 0 bridgehead atoms. The second kappa shape index (κ2) is 9.82. The highest BCUT2D eigenvalue weighted by atomic mass is 127. The molecular formula is C13H24IN5. The topological polar surface area (TPSA) is 54.2 Å². The maximum absolute atomic E-state index is 4.35. The quantitative estimate of drug-likeness (QED) is 0.345. The molecule has 0 unspecified atom stereocenters. The molecule has 0 atom stereocenters. The van der Waals surface area contributed by atoms with Crippen LogP contribution >= 0.6 is 24.0 Å². The summed E-state index contributed by atoms with van der Waals surface area (Å²) >= 11 is 0. The number of guanidine groups is 1. The number of aliphatic imine (C=N–C) groups is 1. The van der Waals surface area contributed by atoms with Gasteiger partial charge in [0.05, 0.1) is 6.54 Å². The number of rotatable bonds is 6. The first kappa shape index (κ1) is 17.9. The Morgan fingerprint density at radius 3 is 2.84 bits per heavy atom. The van der Waals surface area contributed by atoms with Crippen molar-refractivity contribution < 1.29 is 0 Å². The van der Waals surface area contributed by atoms with Crippen molar-refractivity contribution in [3.63, 3.8) is 0 Å². The fourth-order valence-electron chi connectivity index (χ4n) is 1.62. The van der Waals surface area contributed by atoms with Crippen molar-refractivity contribution in [2.75, 3.05) is 13.6 Å². The number of hydrogen-bond acceptors (Lipinski definition) is 2. The monoisotopic (exact) mass is 377 g/mol. The zero-order valence-electron chi connectivity index (χ0n) is 11.9. The molecule has 19 heavy (non-hydrogen) atoms. The van der Waals surface area contributed by atoms with Crippen molar-refractivity contribution >= 4 is 29.9 Å². The molecule has 0 fully saturated rings. The average Bonchev–Trinajstić information content (AvgIpc) is 2.76. The summed E-state index contributed by atoms with van der Waals surface area (Å²) in [6, 6.07) is 0. The highest BCUT2D eigenvalue weighted by Crippen LogP contribution is 2.03. The molecule has 0 amide bonds.